The number of nitrogens with zero attached hydrogens (tertiary/aromatic N) is 1. The Morgan fingerprint density at radius 1 is 0.968 bits per heavy atom. The standard InChI is InChI=1S/C22H30FN3O2.3ClH/c1-2-27-21-9-5-7-18(16-25-12-15-26-13-10-24-11-14-26)22(21)28-17-19-6-3-4-8-20(19)23;;;/h3-9,24-25H,2,10-17H2,1H3;3*1H. The zero-order valence-electron chi connectivity index (χ0n) is 17.8. The van der Waals surface area contributed by atoms with E-state index in [2.05, 4.69) is 15.5 Å². The Hall–Kier alpha value is -1.28. The molecule has 31 heavy (non-hydrogen) atoms. The SMILES string of the molecule is CCOc1cccc(CNCCN2CCNCC2)c1OCc1ccccc1F.Cl.Cl.Cl. The molecule has 176 valence electrons. The number of para-hydroxylation sites is 1. The van der Waals surface area contributed by atoms with E-state index in [9.17, 15) is 4.39 Å². The fourth-order valence-electron chi connectivity index (χ4n) is 3.29. The number of nitrogens with one attached hydrogen (secondary N) is 2. The maximum atomic E-state index is 13.9. The molecule has 3 rings (SSSR count). The lowest BCUT2D eigenvalue weighted by atomic mass is 10.1. The number of piperazine rings is 1. The summed E-state index contributed by atoms with van der Waals surface area (Å²) in [6.45, 7) is 9.59. The average Bonchev–Trinajstić information content (AvgIpc) is 2.73. The number of halogens is 4. The second-order valence-corrected chi connectivity index (χ2v) is 6.83. The molecule has 2 aromatic carbocycles. The fraction of sp³-hybridized carbons (Fsp3) is 0.455. The normalized spacial score (nSPS) is 13.4. The molecule has 1 saturated heterocycles. The fourth-order valence-corrected chi connectivity index (χ4v) is 3.29. The van der Waals surface area contributed by atoms with Crippen LogP contribution in [-0.4, -0.2) is 50.8 Å². The van der Waals surface area contributed by atoms with Gasteiger partial charge in [-0.1, -0.05) is 30.3 Å². The molecule has 1 aliphatic heterocycles. The summed E-state index contributed by atoms with van der Waals surface area (Å²) >= 11 is 0. The first-order chi connectivity index (χ1) is 13.8. The van der Waals surface area contributed by atoms with Gasteiger partial charge in [-0.2, -0.15) is 0 Å². The average molecular weight is 497 g/mol. The van der Waals surface area contributed by atoms with Gasteiger partial charge in [-0.15, -0.1) is 37.2 Å². The highest BCUT2D eigenvalue weighted by atomic mass is 35.5. The molecule has 0 bridgehead atoms. The molecular formula is C22H33Cl3FN3O2. The molecule has 0 atom stereocenters. The summed E-state index contributed by atoms with van der Waals surface area (Å²) in [6, 6.07) is 12.6. The molecule has 1 fully saturated rings. The zero-order valence-corrected chi connectivity index (χ0v) is 20.2. The molecule has 0 aromatic heterocycles. The molecule has 0 amide bonds. The van der Waals surface area contributed by atoms with Crippen molar-refractivity contribution in [2.24, 2.45) is 0 Å². The van der Waals surface area contributed by atoms with Crippen molar-refractivity contribution < 1.29 is 13.9 Å². The van der Waals surface area contributed by atoms with E-state index in [4.69, 9.17) is 9.47 Å². The maximum absolute atomic E-state index is 13.9. The van der Waals surface area contributed by atoms with Gasteiger partial charge < -0.3 is 20.1 Å². The van der Waals surface area contributed by atoms with Crippen LogP contribution < -0.4 is 20.1 Å². The van der Waals surface area contributed by atoms with E-state index < -0.39 is 0 Å². The Morgan fingerprint density at radius 3 is 2.39 bits per heavy atom. The van der Waals surface area contributed by atoms with E-state index in [0.29, 0.717) is 30.2 Å². The smallest absolute Gasteiger partial charge is 0.166 e. The van der Waals surface area contributed by atoms with Crippen LogP contribution in [0.2, 0.25) is 0 Å². The van der Waals surface area contributed by atoms with Crippen molar-refractivity contribution in [2.75, 3.05) is 45.9 Å². The molecule has 1 aliphatic rings. The lowest BCUT2D eigenvalue weighted by Crippen LogP contribution is -2.45. The Morgan fingerprint density at radius 2 is 1.68 bits per heavy atom. The van der Waals surface area contributed by atoms with Crippen LogP contribution in [0.5, 0.6) is 11.5 Å². The van der Waals surface area contributed by atoms with Gasteiger partial charge >= 0.3 is 0 Å². The summed E-state index contributed by atoms with van der Waals surface area (Å²) in [5.74, 6) is 1.12. The summed E-state index contributed by atoms with van der Waals surface area (Å²) in [5, 5.41) is 6.87. The van der Waals surface area contributed by atoms with Gasteiger partial charge in [-0.3, -0.25) is 4.90 Å². The molecule has 0 saturated carbocycles. The molecule has 2 N–H and O–H groups in total. The zero-order chi connectivity index (χ0) is 19.6. The predicted molar refractivity (Wildman–Crippen MR) is 131 cm³/mol. The van der Waals surface area contributed by atoms with Crippen LogP contribution in [0.25, 0.3) is 0 Å². The van der Waals surface area contributed by atoms with Gasteiger partial charge in [0.15, 0.2) is 11.5 Å². The van der Waals surface area contributed by atoms with Crippen molar-refractivity contribution in [2.45, 2.75) is 20.1 Å². The molecule has 2 aromatic rings. The highest BCUT2D eigenvalue weighted by Crippen LogP contribution is 2.32. The minimum atomic E-state index is -0.257. The number of ether oxygens (including phenoxy) is 2. The van der Waals surface area contributed by atoms with Crippen LogP contribution >= 0.6 is 37.2 Å². The molecule has 5 nitrogen and oxygen atoms in total. The van der Waals surface area contributed by atoms with Crippen molar-refractivity contribution >= 4 is 37.2 Å². The first-order valence-corrected chi connectivity index (χ1v) is 10.0. The Bertz CT molecular complexity index is 750. The summed E-state index contributed by atoms with van der Waals surface area (Å²) in [4.78, 5) is 2.45. The van der Waals surface area contributed by atoms with E-state index in [1.165, 1.54) is 6.07 Å². The first-order valence-electron chi connectivity index (χ1n) is 10.0. The minimum absolute atomic E-state index is 0. The summed E-state index contributed by atoms with van der Waals surface area (Å²) in [6.07, 6.45) is 0. The maximum Gasteiger partial charge on any atom is 0.166 e. The topological polar surface area (TPSA) is 45.8 Å². The highest BCUT2D eigenvalue weighted by molar-refractivity contribution is 5.86. The van der Waals surface area contributed by atoms with Crippen LogP contribution in [0.3, 0.4) is 0 Å². The second kappa shape index (κ2) is 16.4. The third-order valence-electron chi connectivity index (χ3n) is 4.82. The molecule has 9 heteroatoms. The van der Waals surface area contributed by atoms with Crippen molar-refractivity contribution in [1.82, 2.24) is 15.5 Å². The summed E-state index contributed by atoms with van der Waals surface area (Å²) in [5.41, 5.74) is 1.55. The molecule has 1 heterocycles. The van der Waals surface area contributed by atoms with E-state index in [-0.39, 0.29) is 49.6 Å². The van der Waals surface area contributed by atoms with Crippen molar-refractivity contribution in [3.8, 4) is 11.5 Å². The first kappa shape index (κ1) is 29.7. The van der Waals surface area contributed by atoms with Crippen molar-refractivity contribution in [3.05, 3.63) is 59.4 Å². The molecule has 0 aliphatic carbocycles. The third-order valence-corrected chi connectivity index (χ3v) is 4.82. The Balaban J connectivity index is 0.00000300. The van der Waals surface area contributed by atoms with Gasteiger partial charge in [-0.25, -0.2) is 4.39 Å². The second-order valence-electron chi connectivity index (χ2n) is 6.83. The van der Waals surface area contributed by atoms with Gasteiger partial charge in [0.05, 0.1) is 6.61 Å². The van der Waals surface area contributed by atoms with Gasteiger partial charge in [0.1, 0.15) is 12.4 Å². The van der Waals surface area contributed by atoms with Crippen LogP contribution in [0.4, 0.5) is 4.39 Å². The Labute approximate surface area is 203 Å². The van der Waals surface area contributed by atoms with Crippen LogP contribution in [-0.2, 0) is 13.2 Å². The van der Waals surface area contributed by atoms with Crippen LogP contribution in [0.1, 0.15) is 18.1 Å². The molecule has 0 spiro atoms. The van der Waals surface area contributed by atoms with Crippen molar-refractivity contribution in [3.63, 3.8) is 0 Å². The lowest BCUT2D eigenvalue weighted by molar-refractivity contribution is 0.240. The van der Waals surface area contributed by atoms with E-state index in [1.807, 2.05) is 31.2 Å². The van der Waals surface area contributed by atoms with Crippen molar-refractivity contribution in [1.29, 1.82) is 0 Å². The number of benzene rings is 2. The van der Waals surface area contributed by atoms with E-state index in [0.717, 1.165) is 44.8 Å². The number of hydrogen-bond donors (Lipinski definition) is 2. The largest absolute Gasteiger partial charge is 0.490 e. The minimum Gasteiger partial charge on any atom is -0.490 e. The van der Waals surface area contributed by atoms with E-state index in [1.54, 1.807) is 12.1 Å². The van der Waals surface area contributed by atoms with Crippen LogP contribution in [0.15, 0.2) is 42.5 Å². The predicted octanol–water partition coefficient (Wildman–Crippen LogP) is 4.06. The summed E-state index contributed by atoms with van der Waals surface area (Å²) < 4.78 is 25.7. The van der Waals surface area contributed by atoms with Gasteiger partial charge in [0.25, 0.3) is 0 Å². The van der Waals surface area contributed by atoms with Crippen LogP contribution in [0, 0.1) is 5.82 Å². The van der Waals surface area contributed by atoms with Gasteiger partial charge in [0.2, 0.25) is 0 Å². The quantitative estimate of drug-likeness (QED) is 0.486. The lowest BCUT2D eigenvalue weighted by Gasteiger charge is -2.27. The van der Waals surface area contributed by atoms with Gasteiger partial charge in [0, 0.05) is 56.9 Å². The number of hydrogen-bond acceptors (Lipinski definition) is 5. The Kier molecular flexibility index (Phi) is 15.7. The van der Waals surface area contributed by atoms with E-state index >= 15 is 0 Å². The number of rotatable bonds is 10. The monoisotopic (exact) mass is 495 g/mol. The van der Waals surface area contributed by atoms with Gasteiger partial charge in [-0.05, 0) is 19.1 Å². The summed E-state index contributed by atoms with van der Waals surface area (Å²) in [7, 11) is 0. The highest BCUT2D eigenvalue weighted by Gasteiger charge is 2.13. The third kappa shape index (κ3) is 9.39. The molecule has 0 radical (unpaired) electrons. The molecular weight excluding hydrogens is 464 g/mol. The molecule has 0 unspecified atom stereocenters.